The molecule has 164 valence electrons. The zero-order valence-corrected chi connectivity index (χ0v) is 19.0. The van der Waals surface area contributed by atoms with Crippen LogP contribution >= 0.6 is 0 Å². The molecule has 4 rings (SSSR count). The van der Waals surface area contributed by atoms with Crippen molar-refractivity contribution in [1.29, 1.82) is 0 Å². The topological polar surface area (TPSA) is 49.8 Å². The smallest absolute Gasteiger partial charge is 0.290 e. The number of ether oxygens (including phenoxy) is 1. The molecule has 0 saturated heterocycles. The van der Waals surface area contributed by atoms with Gasteiger partial charge in [-0.25, -0.2) is 0 Å². The lowest BCUT2D eigenvalue weighted by molar-refractivity contribution is -0.130. The van der Waals surface area contributed by atoms with Crippen molar-refractivity contribution in [2.45, 2.75) is 39.3 Å². The maximum atomic E-state index is 13.3. The van der Waals surface area contributed by atoms with Crippen molar-refractivity contribution in [2.75, 3.05) is 7.11 Å². The van der Waals surface area contributed by atoms with Gasteiger partial charge in [0, 0.05) is 12.1 Å². The number of nitrogens with zero attached hydrogens (tertiary/aromatic N) is 1. The van der Waals surface area contributed by atoms with E-state index in [1.165, 1.54) is 5.56 Å². The third-order valence-electron chi connectivity index (χ3n) is 6.07. The number of hydrogen-bond donors (Lipinski definition) is 1. The van der Waals surface area contributed by atoms with Crippen LogP contribution in [0.2, 0.25) is 0 Å². The van der Waals surface area contributed by atoms with Crippen LogP contribution in [0.4, 0.5) is 0 Å². The van der Waals surface area contributed by atoms with Crippen molar-refractivity contribution in [3.8, 4) is 5.75 Å². The molecule has 4 heteroatoms. The first-order valence-electron chi connectivity index (χ1n) is 10.9. The molecule has 1 heterocycles. The molecule has 4 nitrogen and oxygen atoms in total. The van der Waals surface area contributed by atoms with Crippen molar-refractivity contribution in [3.05, 3.63) is 106 Å². The minimum atomic E-state index is -0.377. The summed E-state index contributed by atoms with van der Waals surface area (Å²) in [6.45, 7) is 6.71. The predicted molar refractivity (Wildman–Crippen MR) is 128 cm³/mol. The average Bonchev–Trinajstić information content (AvgIpc) is 3.05. The first-order chi connectivity index (χ1) is 15.4. The summed E-state index contributed by atoms with van der Waals surface area (Å²) in [6.07, 6.45) is 0. The molecule has 0 spiro atoms. The highest BCUT2D eigenvalue weighted by Crippen LogP contribution is 2.44. The van der Waals surface area contributed by atoms with Crippen LogP contribution in [-0.2, 0) is 11.3 Å². The number of carbonyl (C=O) groups excluding carboxylic acids is 1. The van der Waals surface area contributed by atoms with E-state index in [9.17, 15) is 9.90 Å². The molecule has 1 aliphatic heterocycles. The molecular formula is C28H29NO3. The van der Waals surface area contributed by atoms with Gasteiger partial charge in [-0.05, 0) is 47.2 Å². The second-order valence-corrected chi connectivity index (χ2v) is 8.64. The molecule has 0 saturated carbocycles. The Kier molecular flexibility index (Phi) is 6.04. The van der Waals surface area contributed by atoms with Gasteiger partial charge in [-0.15, -0.1) is 0 Å². The highest BCUT2D eigenvalue weighted by atomic mass is 16.5. The lowest BCUT2D eigenvalue weighted by Gasteiger charge is -2.28. The van der Waals surface area contributed by atoms with Gasteiger partial charge in [0.25, 0.3) is 5.91 Å². The number of amides is 1. The van der Waals surface area contributed by atoms with E-state index in [4.69, 9.17) is 4.74 Å². The van der Waals surface area contributed by atoms with Crippen LogP contribution in [0.3, 0.4) is 0 Å². The van der Waals surface area contributed by atoms with Gasteiger partial charge in [-0.2, -0.15) is 0 Å². The number of hydrogen-bond acceptors (Lipinski definition) is 3. The van der Waals surface area contributed by atoms with E-state index < -0.39 is 0 Å². The van der Waals surface area contributed by atoms with Crippen molar-refractivity contribution < 1.29 is 14.6 Å². The predicted octanol–water partition coefficient (Wildman–Crippen LogP) is 6.18. The van der Waals surface area contributed by atoms with Crippen LogP contribution in [0.1, 0.15) is 53.6 Å². The van der Waals surface area contributed by atoms with Crippen molar-refractivity contribution in [2.24, 2.45) is 0 Å². The molecule has 1 amide bonds. The quantitative estimate of drug-likeness (QED) is 0.511. The molecule has 0 bridgehead atoms. The molecule has 32 heavy (non-hydrogen) atoms. The monoisotopic (exact) mass is 427 g/mol. The standard InChI is InChI=1S/C28H29NO3/c1-18(2)21-12-14-23(15-13-21)26-25(22-10-8-19(3)9-11-22)27(30)28(31)29(26)17-20-6-5-7-24(16-20)32-4/h5-16,18,26,30H,17H2,1-4H3. The first kappa shape index (κ1) is 21.7. The largest absolute Gasteiger partial charge is 0.503 e. The van der Waals surface area contributed by atoms with Gasteiger partial charge in [0.15, 0.2) is 5.76 Å². The van der Waals surface area contributed by atoms with Gasteiger partial charge in [-0.1, -0.05) is 80.1 Å². The molecule has 1 unspecified atom stereocenters. The zero-order valence-electron chi connectivity index (χ0n) is 19.0. The van der Waals surface area contributed by atoms with Gasteiger partial charge in [0.1, 0.15) is 5.75 Å². The summed E-state index contributed by atoms with van der Waals surface area (Å²) in [5, 5.41) is 11.0. The number of methoxy groups -OCH3 is 1. The summed E-state index contributed by atoms with van der Waals surface area (Å²) in [6, 6.07) is 23.6. The Morgan fingerprint density at radius 2 is 1.69 bits per heavy atom. The molecule has 1 atom stereocenters. The Balaban J connectivity index is 1.79. The number of aliphatic hydroxyl groups excluding tert-OH is 1. The molecule has 0 radical (unpaired) electrons. The SMILES string of the molecule is COc1cccc(CN2C(=O)C(O)=C(c3ccc(C)cc3)C2c2ccc(C(C)C)cc2)c1. The van der Waals surface area contributed by atoms with E-state index in [0.717, 1.165) is 28.0 Å². The summed E-state index contributed by atoms with van der Waals surface area (Å²) in [5.74, 6) is 0.613. The Labute approximate surface area is 189 Å². The average molecular weight is 428 g/mol. The number of carbonyl (C=O) groups is 1. The normalized spacial score (nSPS) is 16.2. The highest BCUT2D eigenvalue weighted by Gasteiger charge is 2.41. The summed E-state index contributed by atoms with van der Waals surface area (Å²) < 4.78 is 5.35. The fourth-order valence-corrected chi connectivity index (χ4v) is 4.22. The molecule has 1 aliphatic rings. The summed E-state index contributed by atoms with van der Waals surface area (Å²) in [5.41, 5.74) is 5.79. The van der Waals surface area contributed by atoms with Gasteiger partial charge >= 0.3 is 0 Å². The Morgan fingerprint density at radius 3 is 2.31 bits per heavy atom. The molecule has 3 aromatic rings. The number of benzene rings is 3. The third-order valence-corrected chi connectivity index (χ3v) is 6.07. The van der Waals surface area contributed by atoms with Crippen LogP contribution in [0.25, 0.3) is 5.57 Å². The minimum absolute atomic E-state index is 0.185. The van der Waals surface area contributed by atoms with E-state index in [1.807, 2.05) is 55.5 Å². The van der Waals surface area contributed by atoms with Crippen LogP contribution in [0.5, 0.6) is 5.75 Å². The van der Waals surface area contributed by atoms with Gasteiger partial charge < -0.3 is 14.7 Å². The van der Waals surface area contributed by atoms with Crippen LogP contribution < -0.4 is 4.74 Å². The maximum Gasteiger partial charge on any atom is 0.290 e. The fourth-order valence-electron chi connectivity index (χ4n) is 4.22. The molecule has 1 N–H and O–H groups in total. The van der Waals surface area contributed by atoms with Crippen LogP contribution in [0, 0.1) is 6.92 Å². The van der Waals surface area contributed by atoms with Gasteiger partial charge in [-0.3, -0.25) is 4.79 Å². The second-order valence-electron chi connectivity index (χ2n) is 8.64. The van der Waals surface area contributed by atoms with Crippen molar-refractivity contribution in [3.63, 3.8) is 0 Å². The maximum absolute atomic E-state index is 13.3. The second kappa shape index (κ2) is 8.91. The van der Waals surface area contributed by atoms with E-state index in [2.05, 4.69) is 38.1 Å². The molecule has 0 aromatic heterocycles. The van der Waals surface area contributed by atoms with Crippen molar-refractivity contribution in [1.82, 2.24) is 4.90 Å². The lowest BCUT2D eigenvalue weighted by Crippen LogP contribution is -2.29. The molecule has 0 fully saturated rings. The Bertz CT molecular complexity index is 1140. The molecular weight excluding hydrogens is 398 g/mol. The Morgan fingerprint density at radius 1 is 1.00 bits per heavy atom. The fraction of sp³-hybridized carbons (Fsp3) is 0.250. The lowest BCUT2D eigenvalue weighted by atomic mass is 9.91. The Hall–Kier alpha value is -3.53. The molecule has 0 aliphatic carbocycles. The van der Waals surface area contributed by atoms with Gasteiger partial charge in [0.05, 0.1) is 13.2 Å². The first-order valence-corrected chi connectivity index (χ1v) is 10.9. The van der Waals surface area contributed by atoms with E-state index in [1.54, 1.807) is 12.0 Å². The number of aryl methyl sites for hydroxylation is 1. The number of rotatable bonds is 6. The van der Waals surface area contributed by atoms with Crippen LogP contribution in [0.15, 0.2) is 78.6 Å². The van der Waals surface area contributed by atoms with Crippen molar-refractivity contribution >= 4 is 11.5 Å². The highest BCUT2D eigenvalue weighted by molar-refractivity contribution is 6.05. The molecule has 3 aromatic carbocycles. The summed E-state index contributed by atoms with van der Waals surface area (Å²) in [7, 11) is 1.63. The van der Waals surface area contributed by atoms with Gasteiger partial charge in [0.2, 0.25) is 0 Å². The number of aliphatic hydroxyl groups is 1. The van der Waals surface area contributed by atoms with Crippen LogP contribution in [-0.4, -0.2) is 23.0 Å². The third kappa shape index (κ3) is 4.13. The summed E-state index contributed by atoms with van der Waals surface area (Å²) >= 11 is 0. The minimum Gasteiger partial charge on any atom is -0.503 e. The zero-order chi connectivity index (χ0) is 22.8. The van der Waals surface area contributed by atoms with E-state index in [-0.39, 0.29) is 17.7 Å². The van der Waals surface area contributed by atoms with E-state index >= 15 is 0 Å². The van der Waals surface area contributed by atoms with E-state index in [0.29, 0.717) is 18.0 Å². The summed E-state index contributed by atoms with van der Waals surface area (Å²) in [4.78, 5) is 15.0.